The molecule has 2 unspecified atom stereocenters. The van der Waals surface area contributed by atoms with Gasteiger partial charge in [-0.15, -0.1) is 0 Å². The zero-order valence-corrected chi connectivity index (χ0v) is 26.2. The van der Waals surface area contributed by atoms with E-state index in [1.165, 1.54) is 60.3 Å². The van der Waals surface area contributed by atoms with Crippen LogP contribution in [0.2, 0.25) is 0 Å². The summed E-state index contributed by atoms with van der Waals surface area (Å²) in [7, 11) is 0. The van der Waals surface area contributed by atoms with Crippen LogP contribution in [-0.2, 0) is 0 Å². The predicted molar refractivity (Wildman–Crippen MR) is 199 cm³/mol. The van der Waals surface area contributed by atoms with Crippen LogP contribution >= 0.6 is 0 Å². The molecule has 2 aromatic heterocycles. The molecule has 0 aliphatic carbocycles. The molecule has 0 saturated carbocycles. The van der Waals surface area contributed by atoms with Crippen molar-refractivity contribution in [3.05, 3.63) is 187 Å². The van der Waals surface area contributed by atoms with Gasteiger partial charge in [0.25, 0.3) is 0 Å². The summed E-state index contributed by atoms with van der Waals surface area (Å²) < 4.78 is 4.84. The lowest BCUT2D eigenvalue weighted by molar-refractivity contribution is 0.506. The van der Waals surface area contributed by atoms with Crippen molar-refractivity contribution in [1.29, 1.82) is 0 Å². The number of nitrogens with zero attached hydrogens (tertiary/aromatic N) is 2. The van der Waals surface area contributed by atoms with Gasteiger partial charge in [0.05, 0.1) is 28.1 Å². The molecule has 0 radical (unpaired) electrons. The van der Waals surface area contributed by atoms with Crippen LogP contribution in [0.4, 0.5) is 5.69 Å². The van der Waals surface area contributed by atoms with Crippen LogP contribution in [-0.4, -0.2) is 9.13 Å². The fraction of sp³-hybridized carbons (Fsp3) is 0.0455. The third kappa shape index (κ3) is 4.13. The smallest absolute Gasteiger partial charge is 0.104 e. The first-order valence-electron chi connectivity index (χ1n) is 16.6. The van der Waals surface area contributed by atoms with Gasteiger partial charge in [-0.25, -0.2) is 0 Å². The SMILES string of the molecule is c1ccc(C2NC(c3cccc(-n4c5ccccc5c5cc6c7ccccc7n(-c7ccccc7)c6cc54)c3)Nc3ccccc32)cc1. The number of fused-ring (bicyclic) bond motifs is 7. The first-order chi connectivity index (χ1) is 23.8. The van der Waals surface area contributed by atoms with Crippen LogP contribution in [0.3, 0.4) is 0 Å². The highest BCUT2D eigenvalue weighted by molar-refractivity contribution is 6.19. The minimum Gasteiger partial charge on any atom is -0.366 e. The first kappa shape index (κ1) is 27.1. The molecule has 2 atom stereocenters. The van der Waals surface area contributed by atoms with Crippen molar-refractivity contribution < 1.29 is 0 Å². The van der Waals surface area contributed by atoms with Gasteiger partial charge in [-0.2, -0.15) is 0 Å². The van der Waals surface area contributed by atoms with E-state index in [0.29, 0.717) is 0 Å². The van der Waals surface area contributed by atoms with E-state index >= 15 is 0 Å². The van der Waals surface area contributed by atoms with E-state index in [-0.39, 0.29) is 12.2 Å². The fourth-order valence-corrected chi connectivity index (χ4v) is 7.84. The monoisotopic (exact) mass is 616 g/mol. The maximum absolute atomic E-state index is 3.93. The third-order valence-corrected chi connectivity index (χ3v) is 9.98. The van der Waals surface area contributed by atoms with Gasteiger partial charge >= 0.3 is 0 Å². The number of para-hydroxylation sites is 4. The molecule has 4 nitrogen and oxygen atoms in total. The Morgan fingerprint density at radius 2 is 0.958 bits per heavy atom. The quantitative estimate of drug-likeness (QED) is 0.206. The summed E-state index contributed by atoms with van der Waals surface area (Å²) in [5.41, 5.74) is 12.0. The van der Waals surface area contributed by atoms with Gasteiger partial charge in [0, 0.05) is 38.6 Å². The number of nitrogens with one attached hydrogen (secondary N) is 2. The van der Waals surface area contributed by atoms with Crippen molar-refractivity contribution in [2.75, 3.05) is 5.32 Å². The van der Waals surface area contributed by atoms with E-state index in [2.05, 4.69) is 190 Å². The molecule has 0 bridgehead atoms. The summed E-state index contributed by atoms with van der Waals surface area (Å²) in [6, 6.07) is 61.5. The molecule has 48 heavy (non-hydrogen) atoms. The van der Waals surface area contributed by atoms with Crippen LogP contribution < -0.4 is 10.6 Å². The van der Waals surface area contributed by atoms with Crippen LogP contribution in [0.5, 0.6) is 0 Å². The lowest BCUT2D eigenvalue weighted by Crippen LogP contribution is -2.37. The number of benzene rings is 7. The zero-order valence-electron chi connectivity index (χ0n) is 26.2. The second kappa shape index (κ2) is 10.7. The third-order valence-electron chi connectivity index (χ3n) is 9.98. The maximum atomic E-state index is 3.93. The summed E-state index contributed by atoms with van der Waals surface area (Å²) in [6.45, 7) is 0. The molecule has 228 valence electrons. The van der Waals surface area contributed by atoms with Gasteiger partial charge in [0.15, 0.2) is 0 Å². The molecule has 2 N–H and O–H groups in total. The highest BCUT2D eigenvalue weighted by Gasteiger charge is 2.28. The molecule has 1 aliphatic rings. The first-order valence-corrected chi connectivity index (χ1v) is 16.6. The number of hydrogen-bond acceptors (Lipinski definition) is 2. The molecule has 0 amide bonds. The highest BCUT2D eigenvalue weighted by atomic mass is 15.2. The van der Waals surface area contributed by atoms with E-state index in [4.69, 9.17) is 0 Å². The average Bonchev–Trinajstić information content (AvgIpc) is 3.66. The molecule has 3 heterocycles. The highest BCUT2D eigenvalue weighted by Crippen LogP contribution is 2.41. The Morgan fingerprint density at radius 3 is 1.69 bits per heavy atom. The van der Waals surface area contributed by atoms with Crippen molar-refractivity contribution in [3.63, 3.8) is 0 Å². The van der Waals surface area contributed by atoms with Gasteiger partial charge in [0.1, 0.15) is 6.17 Å². The Labute approximate surface area is 278 Å². The number of hydrogen-bond donors (Lipinski definition) is 2. The normalized spacial score (nSPS) is 16.0. The van der Waals surface area contributed by atoms with Crippen LogP contribution in [0, 0.1) is 0 Å². The van der Waals surface area contributed by atoms with E-state index in [0.717, 1.165) is 17.1 Å². The van der Waals surface area contributed by atoms with Crippen molar-refractivity contribution in [2.24, 2.45) is 0 Å². The molecule has 0 spiro atoms. The summed E-state index contributed by atoms with van der Waals surface area (Å²) in [5, 5.41) is 12.8. The minimum atomic E-state index is -0.0644. The largest absolute Gasteiger partial charge is 0.366 e. The molecule has 1 aliphatic heterocycles. The van der Waals surface area contributed by atoms with Gasteiger partial charge < -0.3 is 14.5 Å². The van der Waals surface area contributed by atoms with Gasteiger partial charge in [-0.1, -0.05) is 115 Å². The molecule has 10 rings (SSSR count). The van der Waals surface area contributed by atoms with E-state index in [1.54, 1.807) is 0 Å². The Hall–Kier alpha value is -6.10. The molecular weight excluding hydrogens is 585 g/mol. The van der Waals surface area contributed by atoms with Gasteiger partial charge in [-0.3, -0.25) is 5.32 Å². The molecule has 0 saturated heterocycles. The Kier molecular flexibility index (Phi) is 6.05. The second-order valence-corrected chi connectivity index (χ2v) is 12.7. The Morgan fingerprint density at radius 1 is 0.396 bits per heavy atom. The summed E-state index contributed by atoms with van der Waals surface area (Å²) in [4.78, 5) is 0. The number of rotatable bonds is 4. The zero-order chi connectivity index (χ0) is 31.6. The predicted octanol–water partition coefficient (Wildman–Crippen LogP) is 10.7. The molecule has 0 fully saturated rings. The van der Waals surface area contributed by atoms with Crippen molar-refractivity contribution in [1.82, 2.24) is 14.5 Å². The summed E-state index contributed by atoms with van der Waals surface area (Å²) in [6.07, 6.45) is -0.0644. The van der Waals surface area contributed by atoms with Crippen LogP contribution in [0.15, 0.2) is 170 Å². The van der Waals surface area contributed by atoms with E-state index in [9.17, 15) is 0 Å². The standard InChI is InChI=1S/C44H32N4/c1-3-14-29(15-4-1)43-35-22-7-10-23-38(35)45-44(46-43)30-16-13-19-32(26-30)48-40-25-12-9-21-34(40)37-27-36-33-20-8-11-24-39(33)47(41(36)28-42(37)48)31-17-5-2-6-18-31/h1-28,43-46H. The lowest BCUT2D eigenvalue weighted by atomic mass is 9.93. The molecule has 9 aromatic rings. The van der Waals surface area contributed by atoms with Crippen LogP contribution in [0.1, 0.15) is 28.9 Å². The van der Waals surface area contributed by atoms with E-state index < -0.39 is 0 Å². The Bertz CT molecular complexity index is 2630. The van der Waals surface area contributed by atoms with Gasteiger partial charge in [0.2, 0.25) is 0 Å². The fourth-order valence-electron chi connectivity index (χ4n) is 7.84. The molecule has 4 heteroatoms. The van der Waals surface area contributed by atoms with Gasteiger partial charge in [-0.05, 0) is 71.3 Å². The number of aromatic nitrogens is 2. The number of anilines is 1. The molecular formula is C44H32N4. The van der Waals surface area contributed by atoms with Crippen molar-refractivity contribution in [3.8, 4) is 11.4 Å². The average molecular weight is 617 g/mol. The second-order valence-electron chi connectivity index (χ2n) is 12.7. The van der Waals surface area contributed by atoms with Crippen molar-refractivity contribution in [2.45, 2.75) is 12.2 Å². The summed E-state index contributed by atoms with van der Waals surface area (Å²) in [5.74, 6) is 0. The molecule has 7 aromatic carbocycles. The van der Waals surface area contributed by atoms with Crippen molar-refractivity contribution >= 4 is 49.3 Å². The topological polar surface area (TPSA) is 33.9 Å². The maximum Gasteiger partial charge on any atom is 0.104 e. The Balaban J connectivity index is 1.18. The summed E-state index contributed by atoms with van der Waals surface area (Å²) >= 11 is 0. The minimum absolute atomic E-state index is 0.0644. The van der Waals surface area contributed by atoms with Crippen LogP contribution in [0.25, 0.3) is 55.0 Å². The van der Waals surface area contributed by atoms with E-state index in [1.807, 2.05) is 0 Å². The lowest BCUT2D eigenvalue weighted by Gasteiger charge is -2.35.